The van der Waals surface area contributed by atoms with Crippen LogP contribution in [0, 0.1) is 0 Å². The Morgan fingerprint density at radius 3 is 3.00 bits per heavy atom. The number of carbonyl (C=O) groups excluding carboxylic acids is 1. The maximum absolute atomic E-state index is 11.8. The molecule has 0 saturated carbocycles. The van der Waals surface area contributed by atoms with Crippen LogP contribution in [0.15, 0.2) is 24.3 Å². The fourth-order valence-corrected chi connectivity index (χ4v) is 1.92. The van der Waals surface area contributed by atoms with Gasteiger partial charge in [-0.25, -0.2) is 0 Å². The standard InChI is InChI=1S/C13H18N2O2/c14-7-3-4-8-15-13(16)12-9-10-5-1-2-6-11(10)17-12/h1-2,5-6,12H,3-4,7-9,14H2,(H,15,16). The quantitative estimate of drug-likeness (QED) is 0.742. The number of hydrogen-bond donors (Lipinski definition) is 2. The second-order valence-corrected chi connectivity index (χ2v) is 4.21. The van der Waals surface area contributed by atoms with Crippen LogP contribution >= 0.6 is 0 Å². The Labute approximate surface area is 101 Å². The number of amides is 1. The number of hydrogen-bond acceptors (Lipinski definition) is 3. The summed E-state index contributed by atoms with van der Waals surface area (Å²) in [5.74, 6) is 0.799. The van der Waals surface area contributed by atoms with Crippen molar-refractivity contribution in [3.63, 3.8) is 0 Å². The first-order chi connectivity index (χ1) is 8.31. The van der Waals surface area contributed by atoms with E-state index >= 15 is 0 Å². The molecule has 1 aliphatic heterocycles. The van der Waals surface area contributed by atoms with E-state index in [4.69, 9.17) is 10.5 Å². The van der Waals surface area contributed by atoms with Crippen LogP contribution in [-0.4, -0.2) is 25.1 Å². The van der Waals surface area contributed by atoms with Crippen molar-refractivity contribution in [3.05, 3.63) is 29.8 Å². The summed E-state index contributed by atoms with van der Waals surface area (Å²) in [4.78, 5) is 11.8. The molecule has 1 aromatic rings. The molecular weight excluding hydrogens is 216 g/mol. The third-order valence-corrected chi connectivity index (χ3v) is 2.87. The summed E-state index contributed by atoms with van der Waals surface area (Å²) < 4.78 is 5.59. The lowest BCUT2D eigenvalue weighted by Gasteiger charge is -2.10. The summed E-state index contributed by atoms with van der Waals surface area (Å²) >= 11 is 0. The number of para-hydroxylation sites is 1. The molecule has 17 heavy (non-hydrogen) atoms. The molecule has 3 N–H and O–H groups in total. The minimum Gasteiger partial charge on any atom is -0.480 e. The van der Waals surface area contributed by atoms with Gasteiger partial charge in [-0.15, -0.1) is 0 Å². The molecule has 0 aliphatic carbocycles. The fraction of sp³-hybridized carbons (Fsp3) is 0.462. The molecule has 0 bridgehead atoms. The van der Waals surface area contributed by atoms with Crippen LogP contribution in [0.3, 0.4) is 0 Å². The molecule has 1 unspecified atom stereocenters. The van der Waals surface area contributed by atoms with Gasteiger partial charge in [-0.2, -0.15) is 0 Å². The normalized spacial score (nSPS) is 17.4. The maximum Gasteiger partial charge on any atom is 0.261 e. The van der Waals surface area contributed by atoms with Crippen LogP contribution in [0.5, 0.6) is 5.75 Å². The first-order valence-corrected chi connectivity index (χ1v) is 6.03. The highest BCUT2D eigenvalue weighted by Crippen LogP contribution is 2.27. The lowest BCUT2D eigenvalue weighted by Crippen LogP contribution is -2.37. The van der Waals surface area contributed by atoms with Gasteiger partial charge >= 0.3 is 0 Å². The molecule has 1 amide bonds. The van der Waals surface area contributed by atoms with Crippen LogP contribution in [0.25, 0.3) is 0 Å². The summed E-state index contributed by atoms with van der Waals surface area (Å²) in [7, 11) is 0. The van der Waals surface area contributed by atoms with Crippen LogP contribution in [0.2, 0.25) is 0 Å². The molecule has 1 atom stereocenters. The van der Waals surface area contributed by atoms with Crippen LogP contribution in [0.4, 0.5) is 0 Å². The average molecular weight is 234 g/mol. The molecule has 4 heteroatoms. The number of benzene rings is 1. The predicted molar refractivity (Wildman–Crippen MR) is 65.9 cm³/mol. The lowest BCUT2D eigenvalue weighted by atomic mass is 10.1. The van der Waals surface area contributed by atoms with E-state index in [1.165, 1.54) is 0 Å². The van der Waals surface area contributed by atoms with Gasteiger partial charge in [-0.1, -0.05) is 18.2 Å². The summed E-state index contributed by atoms with van der Waals surface area (Å²) in [5, 5.41) is 2.87. The van der Waals surface area contributed by atoms with E-state index in [1.807, 2.05) is 24.3 Å². The van der Waals surface area contributed by atoms with E-state index in [1.54, 1.807) is 0 Å². The second-order valence-electron chi connectivity index (χ2n) is 4.21. The smallest absolute Gasteiger partial charge is 0.261 e. The molecule has 0 radical (unpaired) electrons. The van der Waals surface area contributed by atoms with Gasteiger partial charge in [0.2, 0.25) is 0 Å². The molecule has 0 fully saturated rings. The van der Waals surface area contributed by atoms with Gasteiger partial charge < -0.3 is 15.8 Å². The summed E-state index contributed by atoms with van der Waals surface area (Å²) in [6, 6.07) is 7.78. The van der Waals surface area contributed by atoms with E-state index in [-0.39, 0.29) is 12.0 Å². The van der Waals surface area contributed by atoms with Crippen molar-refractivity contribution >= 4 is 5.91 Å². The monoisotopic (exact) mass is 234 g/mol. The predicted octanol–water partition coefficient (Wildman–Crippen LogP) is 0.845. The van der Waals surface area contributed by atoms with Crippen molar-refractivity contribution in [1.29, 1.82) is 0 Å². The lowest BCUT2D eigenvalue weighted by molar-refractivity contribution is -0.127. The second kappa shape index (κ2) is 5.68. The number of ether oxygens (including phenoxy) is 1. The van der Waals surface area contributed by atoms with Gasteiger partial charge in [0.15, 0.2) is 6.10 Å². The first kappa shape index (κ1) is 11.9. The molecule has 0 aromatic heterocycles. The largest absolute Gasteiger partial charge is 0.480 e. The Morgan fingerprint density at radius 1 is 1.41 bits per heavy atom. The highest BCUT2D eigenvalue weighted by molar-refractivity contribution is 5.82. The number of carbonyl (C=O) groups is 1. The van der Waals surface area contributed by atoms with Crippen LogP contribution < -0.4 is 15.8 Å². The van der Waals surface area contributed by atoms with Crippen molar-refractivity contribution in [1.82, 2.24) is 5.32 Å². The van der Waals surface area contributed by atoms with E-state index in [0.29, 0.717) is 19.5 Å². The van der Waals surface area contributed by atoms with Crippen molar-refractivity contribution in [2.24, 2.45) is 5.73 Å². The fourth-order valence-electron chi connectivity index (χ4n) is 1.92. The summed E-state index contributed by atoms with van der Waals surface area (Å²) in [5.41, 5.74) is 6.49. The Bertz CT molecular complexity index is 368. The zero-order chi connectivity index (χ0) is 12.1. The van der Waals surface area contributed by atoms with E-state index in [9.17, 15) is 4.79 Å². The molecular formula is C13H18N2O2. The number of nitrogens with one attached hydrogen (secondary N) is 1. The van der Waals surface area contributed by atoms with Crippen molar-refractivity contribution in [2.75, 3.05) is 13.1 Å². The number of nitrogens with two attached hydrogens (primary N) is 1. The highest BCUT2D eigenvalue weighted by atomic mass is 16.5. The van der Waals surface area contributed by atoms with Crippen molar-refractivity contribution in [3.8, 4) is 5.75 Å². The topological polar surface area (TPSA) is 64.3 Å². The third kappa shape index (κ3) is 2.97. The SMILES string of the molecule is NCCCCNC(=O)C1Cc2ccccc2O1. The molecule has 1 aromatic carbocycles. The highest BCUT2D eigenvalue weighted by Gasteiger charge is 2.28. The molecule has 4 nitrogen and oxygen atoms in total. The van der Waals surface area contributed by atoms with Crippen molar-refractivity contribution in [2.45, 2.75) is 25.4 Å². The Hall–Kier alpha value is -1.55. The average Bonchev–Trinajstić information content (AvgIpc) is 2.78. The van der Waals surface area contributed by atoms with Crippen LogP contribution in [0.1, 0.15) is 18.4 Å². The molecule has 2 rings (SSSR count). The van der Waals surface area contributed by atoms with Gasteiger partial charge in [0.05, 0.1) is 0 Å². The Kier molecular flexibility index (Phi) is 3.98. The minimum atomic E-state index is -0.370. The molecule has 1 aliphatic rings. The summed E-state index contributed by atoms with van der Waals surface area (Å²) in [6.07, 6.45) is 2.15. The van der Waals surface area contributed by atoms with Gasteiger partial charge in [0.25, 0.3) is 5.91 Å². The maximum atomic E-state index is 11.8. The van der Waals surface area contributed by atoms with Crippen LogP contribution in [-0.2, 0) is 11.2 Å². The number of rotatable bonds is 5. The molecule has 0 saturated heterocycles. The van der Waals surface area contributed by atoms with Gasteiger partial charge in [0, 0.05) is 13.0 Å². The number of fused-ring (bicyclic) bond motifs is 1. The van der Waals surface area contributed by atoms with Gasteiger partial charge in [0.1, 0.15) is 5.75 Å². The Morgan fingerprint density at radius 2 is 2.24 bits per heavy atom. The third-order valence-electron chi connectivity index (χ3n) is 2.87. The van der Waals surface area contributed by atoms with Crippen molar-refractivity contribution < 1.29 is 9.53 Å². The Balaban J connectivity index is 1.80. The van der Waals surface area contributed by atoms with E-state index in [0.717, 1.165) is 24.2 Å². The number of unbranched alkanes of at least 4 members (excludes halogenated alkanes) is 1. The molecule has 1 heterocycles. The molecule has 92 valence electrons. The van der Waals surface area contributed by atoms with E-state index in [2.05, 4.69) is 5.32 Å². The van der Waals surface area contributed by atoms with Gasteiger partial charge in [-0.3, -0.25) is 4.79 Å². The summed E-state index contributed by atoms with van der Waals surface area (Å²) in [6.45, 7) is 1.34. The first-order valence-electron chi connectivity index (χ1n) is 6.03. The zero-order valence-corrected chi connectivity index (χ0v) is 9.82. The minimum absolute atomic E-state index is 0.0294. The van der Waals surface area contributed by atoms with Gasteiger partial charge in [-0.05, 0) is 31.0 Å². The molecule has 0 spiro atoms. The zero-order valence-electron chi connectivity index (χ0n) is 9.82. The van der Waals surface area contributed by atoms with E-state index < -0.39 is 0 Å².